The van der Waals surface area contributed by atoms with Crippen molar-refractivity contribution in [1.29, 1.82) is 0 Å². The van der Waals surface area contributed by atoms with Crippen LogP contribution < -0.4 is 5.32 Å². The highest BCUT2D eigenvalue weighted by molar-refractivity contribution is 7.15. The number of thiophene rings is 1. The molecule has 1 atom stereocenters. The Morgan fingerprint density at radius 2 is 1.96 bits per heavy atom. The molecule has 1 aromatic rings. The highest BCUT2D eigenvalue weighted by Crippen LogP contribution is 2.30. The minimum Gasteiger partial charge on any atom is -0.462 e. The molecule has 1 aromatic heterocycles. The van der Waals surface area contributed by atoms with Crippen LogP contribution in [0, 0.1) is 0 Å². The molecule has 126 valence electrons. The number of rotatable bonds is 6. The van der Waals surface area contributed by atoms with Crippen LogP contribution in [0.5, 0.6) is 0 Å². The summed E-state index contributed by atoms with van der Waals surface area (Å²) >= 11 is 1.08. The Bertz CT molecular complexity index is 591. The molecule has 1 amide bonds. The summed E-state index contributed by atoms with van der Waals surface area (Å²) < 4.78 is 15.2. The zero-order valence-electron chi connectivity index (χ0n) is 13.0. The van der Waals surface area contributed by atoms with Gasteiger partial charge in [-0.05, 0) is 26.7 Å². The first-order valence-corrected chi connectivity index (χ1v) is 8.34. The lowest BCUT2D eigenvalue weighted by Gasteiger charge is -2.11. The van der Waals surface area contributed by atoms with E-state index in [0.29, 0.717) is 13.0 Å². The monoisotopic (exact) mass is 341 g/mol. The number of hydrogen-bond acceptors (Lipinski definition) is 7. The molecule has 1 aliphatic rings. The summed E-state index contributed by atoms with van der Waals surface area (Å²) in [6.45, 7) is 4.24. The fourth-order valence-corrected chi connectivity index (χ4v) is 3.11. The lowest BCUT2D eigenvalue weighted by molar-refractivity contribution is -0.124. The summed E-state index contributed by atoms with van der Waals surface area (Å²) in [6.07, 6.45) is 0.927. The number of nitrogens with one attached hydrogen (secondary N) is 1. The van der Waals surface area contributed by atoms with Gasteiger partial charge >= 0.3 is 11.9 Å². The first-order valence-electron chi connectivity index (χ1n) is 7.46. The summed E-state index contributed by atoms with van der Waals surface area (Å²) in [6, 6.07) is 0. The van der Waals surface area contributed by atoms with Gasteiger partial charge in [-0.25, -0.2) is 9.59 Å². The number of anilines is 1. The van der Waals surface area contributed by atoms with Crippen molar-refractivity contribution in [2.75, 3.05) is 25.1 Å². The number of ether oxygens (including phenoxy) is 3. The van der Waals surface area contributed by atoms with Crippen molar-refractivity contribution < 1.29 is 28.6 Å². The molecule has 0 aromatic carbocycles. The van der Waals surface area contributed by atoms with E-state index in [0.717, 1.165) is 17.8 Å². The first-order chi connectivity index (χ1) is 11.1. The Balaban J connectivity index is 2.25. The molecule has 1 fully saturated rings. The predicted octanol–water partition coefficient (Wildman–Crippen LogP) is 2.22. The van der Waals surface area contributed by atoms with Gasteiger partial charge in [0.1, 0.15) is 16.7 Å². The average Bonchev–Trinajstić information content (AvgIpc) is 3.17. The van der Waals surface area contributed by atoms with E-state index in [1.165, 1.54) is 5.38 Å². The van der Waals surface area contributed by atoms with Crippen LogP contribution in [0.3, 0.4) is 0 Å². The second kappa shape index (κ2) is 8.07. The molecule has 1 aliphatic heterocycles. The van der Waals surface area contributed by atoms with Crippen LogP contribution >= 0.6 is 11.3 Å². The van der Waals surface area contributed by atoms with Crippen LogP contribution in [0.15, 0.2) is 5.38 Å². The predicted molar refractivity (Wildman–Crippen MR) is 83.8 cm³/mol. The Morgan fingerprint density at radius 3 is 2.57 bits per heavy atom. The highest BCUT2D eigenvalue weighted by atomic mass is 32.1. The number of esters is 2. The van der Waals surface area contributed by atoms with Crippen molar-refractivity contribution in [1.82, 2.24) is 0 Å². The van der Waals surface area contributed by atoms with E-state index in [1.54, 1.807) is 13.8 Å². The minimum absolute atomic E-state index is 0.0293. The molecule has 0 radical (unpaired) electrons. The van der Waals surface area contributed by atoms with Gasteiger partial charge in [0.15, 0.2) is 0 Å². The largest absolute Gasteiger partial charge is 0.462 e. The van der Waals surface area contributed by atoms with Gasteiger partial charge in [0.05, 0.1) is 18.8 Å². The molecule has 2 rings (SSSR count). The molecule has 0 saturated carbocycles. The van der Waals surface area contributed by atoms with E-state index in [-0.39, 0.29) is 35.2 Å². The Hall–Kier alpha value is -1.93. The zero-order valence-corrected chi connectivity index (χ0v) is 13.9. The number of carbonyl (C=O) groups excluding carboxylic acids is 3. The smallest absolute Gasteiger partial charge is 0.342 e. The first kappa shape index (κ1) is 17.4. The number of carbonyl (C=O) groups is 3. The Kier molecular flexibility index (Phi) is 6.12. The molecule has 23 heavy (non-hydrogen) atoms. The summed E-state index contributed by atoms with van der Waals surface area (Å²) in [5.74, 6) is -1.62. The molecule has 1 saturated heterocycles. The van der Waals surface area contributed by atoms with Crippen molar-refractivity contribution in [2.24, 2.45) is 0 Å². The summed E-state index contributed by atoms with van der Waals surface area (Å²) in [4.78, 5) is 36.3. The molecule has 0 aliphatic carbocycles. The van der Waals surface area contributed by atoms with E-state index in [9.17, 15) is 14.4 Å². The van der Waals surface area contributed by atoms with Crippen molar-refractivity contribution in [2.45, 2.75) is 32.8 Å². The van der Waals surface area contributed by atoms with Crippen LogP contribution in [0.1, 0.15) is 47.4 Å². The summed E-state index contributed by atoms with van der Waals surface area (Å²) in [5, 5.41) is 4.41. The van der Waals surface area contributed by atoms with Crippen LogP contribution in [-0.4, -0.2) is 43.8 Å². The molecular weight excluding hydrogens is 322 g/mol. The fraction of sp³-hybridized carbons (Fsp3) is 0.533. The topological polar surface area (TPSA) is 90.9 Å². The third-order valence-corrected chi connectivity index (χ3v) is 4.12. The Labute approximate surface area is 137 Å². The van der Waals surface area contributed by atoms with Gasteiger partial charge in [0, 0.05) is 12.0 Å². The average molecular weight is 341 g/mol. The van der Waals surface area contributed by atoms with Gasteiger partial charge in [0.25, 0.3) is 5.91 Å². The molecule has 0 unspecified atom stereocenters. The maximum atomic E-state index is 12.2. The molecule has 0 bridgehead atoms. The lowest BCUT2D eigenvalue weighted by Crippen LogP contribution is -2.27. The number of hydrogen-bond donors (Lipinski definition) is 1. The van der Waals surface area contributed by atoms with Gasteiger partial charge in [-0.1, -0.05) is 0 Å². The van der Waals surface area contributed by atoms with Crippen molar-refractivity contribution in [3.63, 3.8) is 0 Å². The van der Waals surface area contributed by atoms with Crippen molar-refractivity contribution in [3.8, 4) is 0 Å². The SMILES string of the molecule is CCOC(=O)c1csc(NC(=O)[C@@H]2CCCO2)c1C(=O)OCC. The summed E-state index contributed by atoms with van der Waals surface area (Å²) in [7, 11) is 0. The van der Waals surface area contributed by atoms with E-state index >= 15 is 0 Å². The van der Waals surface area contributed by atoms with Gasteiger partial charge < -0.3 is 19.5 Å². The van der Waals surface area contributed by atoms with Gasteiger partial charge in [-0.3, -0.25) is 4.79 Å². The summed E-state index contributed by atoms with van der Waals surface area (Å²) in [5.41, 5.74) is 0.125. The van der Waals surface area contributed by atoms with Crippen LogP contribution in [0.25, 0.3) is 0 Å². The molecule has 2 heterocycles. The van der Waals surface area contributed by atoms with E-state index in [4.69, 9.17) is 14.2 Å². The van der Waals surface area contributed by atoms with Crippen LogP contribution in [-0.2, 0) is 19.0 Å². The van der Waals surface area contributed by atoms with E-state index < -0.39 is 18.0 Å². The van der Waals surface area contributed by atoms with Crippen LogP contribution in [0.2, 0.25) is 0 Å². The molecule has 0 spiro atoms. The molecule has 7 nitrogen and oxygen atoms in total. The van der Waals surface area contributed by atoms with Gasteiger partial charge in [-0.2, -0.15) is 0 Å². The highest BCUT2D eigenvalue weighted by Gasteiger charge is 2.29. The standard InChI is InChI=1S/C15H19NO6S/c1-3-20-14(18)9-8-23-13(11(9)15(19)21-4-2)16-12(17)10-6-5-7-22-10/h8,10H,3-7H2,1-2H3,(H,16,17)/t10-/m0/s1. The van der Waals surface area contributed by atoms with E-state index in [1.807, 2.05) is 0 Å². The van der Waals surface area contributed by atoms with Crippen LogP contribution in [0.4, 0.5) is 5.00 Å². The quantitative estimate of drug-likeness (QED) is 0.798. The van der Waals surface area contributed by atoms with Crippen molar-refractivity contribution >= 4 is 34.2 Å². The molecular formula is C15H19NO6S. The Morgan fingerprint density at radius 1 is 1.26 bits per heavy atom. The third-order valence-electron chi connectivity index (χ3n) is 3.22. The third kappa shape index (κ3) is 4.08. The normalized spacial score (nSPS) is 16.9. The second-order valence-corrected chi connectivity index (χ2v) is 5.67. The van der Waals surface area contributed by atoms with Gasteiger partial charge in [0.2, 0.25) is 0 Å². The molecule has 8 heteroatoms. The lowest BCUT2D eigenvalue weighted by atomic mass is 10.1. The molecule has 1 N–H and O–H groups in total. The van der Waals surface area contributed by atoms with Gasteiger partial charge in [-0.15, -0.1) is 11.3 Å². The fourth-order valence-electron chi connectivity index (χ4n) is 2.19. The minimum atomic E-state index is -0.667. The second-order valence-electron chi connectivity index (χ2n) is 4.79. The van der Waals surface area contributed by atoms with Crippen molar-refractivity contribution in [3.05, 3.63) is 16.5 Å². The number of amides is 1. The maximum absolute atomic E-state index is 12.2. The maximum Gasteiger partial charge on any atom is 0.342 e. The van der Waals surface area contributed by atoms with E-state index in [2.05, 4.69) is 5.32 Å². The zero-order chi connectivity index (χ0) is 16.8.